The molecule has 9 heteroatoms. The molecule has 1 atom stereocenters. The smallest absolute Gasteiger partial charge is 0.526 e. The van der Waals surface area contributed by atoms with E-state index < -0.39 is 26.0 Å². The number of hydrogen-bond donors (Lipinski definition) is 1. The van der Waals surface area contributed by atoms with Gasteiger partial charge in [0.25, 0.3) is 0 Å². The van der Waals surface area contributed by atoms with E-state index in [-0.39, 0.29) is 35.4 Å². The van der Waals surface area contributed by atoms with Crippen molar-refractivity contribution < 1.29 is 38.3 Å². The minimum Gasteiger partial charge on any atom is -0.535 e. The van der Waals surface area contributed by atoms with Gasteiger partial charge in [0, 0.05) is 18.7 Å². The summed E-state index contributed by atoms with van der Waals surface area (Å²) in [6, 6.07) is 4.94. The molecule has 1 fully saturated rings. The van der Waals surface area contributed by atoms with Gasteiger partial charge in [-0.15, -0.1) is 0 Å². The molecule has 1 aliphatic heterocycles. The van der Waals surface area contributed by atoms with E-state index in [1.165, 1.54) is 6.07 Å². The van der Waals surface area contributed by atoms with Crippen LogP contribution in [0.3, 0.4) is 0 Å². The molecule has 1 aromatic rings. The molecule has 8 nitrogen and oxygen atoms in total. The predicted octanol–water partition coefficient (Wildman–Crippen LogP) is 2.66. The van der Waals surface area contributed by atoms with Crippen molar-refractivity contribution in [1.29, 1.82) is 0 Å². The van der Waals surface area contributed by atoms with Crippen LogP contribution in [0.5, 0.6) is 5.75 Å². The van der Waals surface area contributed by atoms with Crippen LogP contribution in [0.2, 0.25) is 5.82 Å². The summed E-state index contributed by atoms with van der Waals surface area (Å²) in [7, 11) is -1.19. The van der Waals surface area contributed by atoms with Gasteiger partial charge in [0.05, 0.1) is 0 Å². The molecule has 1 N–H and O–H groups in total. The summed E-state index contributed by atoms with van der Waals surface area (Å²) in [6.45, 7) is 1.19. The molecular formula is C19H23BO8. The van der Waals surface area contributed by atoms with Gasteiger partial charge < -0.3 is 23.9 Å². The molecule has 0 amide bonds. The highest BCUT2D eigenvalue weighted by molar-refractivity contribution is 6.47. The highest BCUT2D eigenvalue weighted by atomic mass is 16.8. The van der Waals surface area contributed by atoms with Crippen LogP contribution in [-0.2, 0) is 25.4 Å². The topological polar surface area (TPSA) is 108 Å². The first kappa shape index (κ1) is 20.2. The van der Waals surface area contributed by atoms with Crippen LogP contribution in [0.1, 0.15) is 54.9 Å². The standard InChI is InChI=1S/C19H23BO8/c1-2-14(21)10-13-9-12-5-3-8-16(17(12)28-20(13)24)18(22)25-11-26-19(23)27-15-6-4-7-15/h3,5,8,13,15,24H,2,4,6-7,9-11H2,1H3/t13-/m1/s1. The second-order valence-electron chi connectivity index (χ2n) is 6.98. The number of ketones is 1. The minimum absolute atomic E-state index is 0.0394. The van der Waals surface area contributed by atoms with Gasteiger partial charge in [-0.05, 0) is 37.3 Å². The second kappa shape index (κ2) is 9.10. The number of carbonyl (C=O) groups is 3. The van der Waals surface area contributed by atoms with Gasteiger partial charge in [-0.3, -0.25) is 4.79 Å². The van der Waals surface area contributed by atoms with E-state index in [4.69, 9.17) is 18.9 Å². The van der Waals surface area contributed by atoms with Gasteiger partial charge in [0.2, 0.25) is 6.79 Å². The SMILES string of the molecule is CCC(=O)C[C@H]1Cc2cccc(C(=O)OCOC(=O)OC3CCC3)c2OB1O. The van der Waals surface area contributed by atoms with Gasteiger partial charge >= 0.3 is 19.2 Å². The molecule has 0 aromatic heterocycles. The number of hydrogen-bond acceptors (Lipinski definition) is 8. The number of ether oxygens (including phenoxy) is 3. The fraction of sp³-hybridized carbons (Fsp3) is 0.526. The van der Waals surface area contributed by atoms with E-state index in [2.05, 4.69) is 0 Å². The maximum Gasteiger partial charge on any atom is 0.526 e. The summed E-state index contributed by atoms with van der Waals surface area (Å²) < 4.78 is 20.2. The Balaban J connectivity index is 1.57. The average Bonchev–Trinajstić information content (AvgIpc) is 2.64. The van der Waals surface area contributed by atoms with Crippen molar-refractivity contribution >= 4 is 25.0 Å². The number of esters is 1. The van der Waals surface area contributed by atoms with Gasteiger partial charge in [0.15, 0.2) is 0 Å². The van der Waals surface area contributed by atoms with Crippen LogP contribution >= 0.6 is 0 Å². The molecule has 0 saturated heterocycles. The Morgan fingerprint density at radius 2 is 2.04 bits per heavy atom. The maximum atomic E-state index is 12.3. The molecule has 0 radical (unpaired) electrons. The maximum absolute atomic E-state index is 12.3. The summed E-state index contributed by atoms with van der Waals surface area (Å²) in [5.41, 5.74) is 0.826. The number of carbonyl (C=O) groups excluding carboxylic acids is 3. The summed E-state index contributed by atoms with van der Waals surface area (Å²) in [5, 5.41) is 10.2. The Hall–Kier alpha value is -2.55. The number of benzene rings is 1. The lowest BCUT2D eigenvalue weighted by molar-refractivity contribution is -0.119. The largest absolute Gasteiger partial charge is 0.535 e. The number of rotatable bonds is 7. The van der Waals surface area contributed by atoms with Crippen molar-refractivity contribution in [2.75, 3.05) is 6.79 Å². The van der Waals surface area contributed by atoms with Crippen LogP contribution in [-0.4, -0.2) is 42.9 Å². The Morgan fingerprint density at radius 3 is 2.71 bits per heavy atom. The van der Waals surface area contributed by atoms with Crippen molar-refractivity contribution in [2.45, 2.75) is 57.4 Å². The quantitative estimate of drug-likeness (QED) is 0.430. The Bertz CT molecular complexity index is 745. The fourth-order valence-corrected chi connectivity index (χ4v) is 3.12. The van der Waals surface area contributed by atoms with Gasteiger partial charge in [-0.1, -0.05) is 19.1 Å². The van der Waals surface area contributed by atoms with Crippen molar-refractivity contribution in [2.24, 2.45) is 0 Å². The molecule has 0 unspecified atom stereocenters. The first-order valence-corrected chi connectivity index (χ1v) is 9.46. The number of Topliss-reactive ketones (excluding diaryl/α,β-unsaturated/α-hetero) is 1. The van der Waals surface area contributed by atoms with E-state index in [0.717, 1.165) is 19.3 Å². The molecule has 1 aromatic carbocycles. The van der Waals surface area contributed by atoms with Gasteiger partial charge in [0.1, 0.15) is 23.2 Å². The number of fused-ring (bicyclic) bond motifs is 1. The van der Waals surface area contributed by atoms with Crippen LogP contribution in [0.4, 0.5) is 4.79 Å². The van der Waals surface area contributed by atoms with Crippen LogP contribution in [0.15, 0.2) is 18.2 Å². The summed E-state index contributed by atoms with van der Waals surface area (Å²) >= 11 is 0. The molecular weight excluding hydrogens is 367 g/mol. The molecule has 0 bridgehead atoms. The Kier molecular flexibility index (Phi) is 6.56. The minimum atomic E-state index is -1.19. The van der Waals surface area contributed by atoms with E-state index in [1.54, 1.807) is 19.1 Å². The molecule has 1 aliphatic carbocycles. The molecule has 0 spiro atoms. The molecule has 150 valence electrons. The zero-order valence-corrected chi connectivity index (χ0v) is 15.7. The van der Waals surface area contributed by atoms with E-state index in [9.17, 15) is 19.4 Å². The third kappa shape index (κ3) is 4.84. The Labute approximate surface area is 163 Å². The van der Waals surface area contributed by atoms with Crippen molar-refractivity contribution in [3.8, 4) is 5.75 Å². The first-order valence-electron chi connectivity index (χ1n) is 9.46. The molecule has 3 rings (SSSR count). The zero-order valence-electron chi connectivity index (χ0n) is 15.7. The van der Waals surface area contributed by atoms with Gasteiger partial charge in [-0.2, -0.15) is 0 Å². The lowest BCUT2D eigenvalue weighted by atomic mass is 9.64. The lowest BCUT2D eigenvalue weighted by Crippen LogP contribution is -2.35. The average molecular weight is 390 g/mol. The zero-order chi connectivity index (χ0) is 20.1. The normalized spacial score (nSPS) is 18.4. The molecule has 1 saturated carbocycles. The number of para-hydroxylation sites is 1. The van der Waals surface area contributed by atoms with E-state index in [1.807, 2.05) is 0 Å². The van der Waals surface area contributed by atoms with Gasteiger partial charge in [-0.25, -0.2) is 9.59 Å². The second-order valence-corrected chi connectivity index (χ2v) is 6.98. The predicted molar refractivity (Wildman–Crippen MR) is 97.9 cm³/mol. The van der Waals surface area contributed by atoms with Crippen molar-refractivity contribution in [3.63, 3.8) is 0 Å². The molecule has 2 aliphatic rings. The van der Waals surface area contributed by atoms with E-state index in [0.29, 0.717) is 18.4 Å². The third-order valence-electron chi connectivity index (χ3n) is 5.01. The van der Waals surface area contributed by atoms with Crippen molar-refractivity contribution in [1.82, 2.24) is 0 Å². The van der Waals surface area contributed by atoms with Crippen LogP contribution < -0.4 is 4.65 Å². The highest BCUT2D eigenvalue weighted by Crippen LogP contribution is 2.36. The molecule has 1 heterocycles. The summed E-state index contributed by atoms with van der Waals surface area (Å²) in [5.74, 6) is -0.853. The highest BCUT2D eigenvalue weighted by Gasteiger charge is 2.37. The van der Waals surface area contributed by atoms with Crippen molar-refractivity contribution in [3.05, 3.63) is 29.3 Å². The third-order valence-corrected chi connectivity index (χ3v) is 5.01. The summed E-state index contributed by atoms with van der Waals surface area (Å²) in [4.78, 5) is 35.5. The van der Waals surface area contributed by atoms with E-state index >= 15 is 0 Å². The first-order chi connectivity index (χ1) is 13.5. The monoisotopic (exact) mass is 390 g/mol. The molecule has 28 heavy (non-hydrogen) atoms. The van der Waals surface area contributed by atoms with Crippen LogP contribution in [0, 0.1) is 0 Å². The summed E-state index contributed by atoms with van der Waals surface area (Å²) in [6.07, 6.45) is 2.67. The Morgan fingerprint density at radius 1 is 1.25 bits per heavy atom. The van der Waals surface area contributed by atoms with Crippen LogP contribution in [0.25, 0.3) is 0 Å². The fourth-order valence-electron chi connectivity index (χ4n) is 3.12. The lowest BCUT2D eigenvalue weighted by Gasteiger charge is -2.28.